The lowest BCUT2D eigenvalue weighted by atomic mass is 10.3. The Morgan fingerprint density at radius 3 is 3.00 bits per heavy atom. The largest absolute Gasteiger partial charge is 0.497 e. The average molecular weight is 232 g/mol. The summed E-state index contributed by atoms with van der Waals surface area (Å²) in [5.41, 5.74) is 0.647. The minimum absolute atomic E-state index is 0.367. The number of ether oxygens (including phenoxy) is 1. The molecule has 1 heterocycles. The molecule has 2 amide bonds. The van der Waals surface area contributed by atoms with Crippen LogP contribution in [-0.4, -0.2) is 23.1 Å². The van der Waals surface area contributed by atoms with Crippen molar-refractivity contribution in [3.63, 3.8) is 0 Å². The van der Waals surface area contributed by atoms with Crippen molar-refractivity contribution in [1.82, 2.24) is 9.97 Å². The van der Waals surface area contributed by atoms with Crippen LogP contribution in [0.1, 0.15) is 0 Å². The molecule has 0 saturated heterocycles. The quantitative estimate of drug-likeness (QED) is 0.757. The number of imidazole rings is 1. The maximum absolute atomic E-state index is 11.6. The van der Waals surface area contributed by atoms with Crippen molar-refractivity contribution in [1.29, 1.82) is 0 Å². The number of amides is 2. The molecular weight excluding hydrogens is 220 g/mol. The van der Waals surface area contributed by atoms with Gasteiger partial charge in [0.1, 0.15) is 5.75 Å². The van der Waals surface area contributed by atoms with Gasteiger partial charge in [-0.3, -0.25) is 5.32 Å². The fourth-order valence-corrected chi connectivity index (χ4v) is 1.30. The Morgan fingerprint density at radius 1 is 1.41 bits per heavy atom. The molecule has 0 unspecified atom stereocenters. The number of rotatable bonds is 3. The number of anilines is 2. The average Bonchev–Trinajstić information content (AvgIpc) is 2.82. The molecule has 0 aliphatic carbocycles. The van der Waals surface area contributed by atoms with E-state index in [9.17, 15) is 4.79 Å². The smallest absolute Gasteiger partial charge is 0.326 e. The molecule has 6 nitrogen and oxygen atoms in total. The molecule has 0 saturated carbocycles. The molecule has 0 aliphatic rings. The summed E-state index contributed by atoms with van der Waals surface area (Å²) in [7, 11) is 1.57. The summed E-state index contributed by atoms with van der Waals surface area (Å²) in [5.74, 6) is 1.08. The number of methoxy groups -OCH3 is 1. The predicted octanol–water partition coefficient (Wildman–Crippen LogP) is 2.06. The van der Waals surface area contributed by atoms with Crippen molar-refractivity contribution in [3.05, 3.63) is 36.7 Å². The van der Waals surface area contributed by atoms with Gasteiger partial charge in [-0.05, 0) is 12.1 Å². The van der Waals surface area contributed by atoms with Crippen LogP contribution >= 0.6 is 0 Å². The first-order valence-corrected chi connectivity index (χ1v) is 4.99. The SMILES string of the molecule is COc1cccc(NC(=O)Nc2ncc[nH]2)c1. The van der Waals surface area contributed by atoms with E-state index in [1.54, 1.807) is 43.8 Å². The van der Waals surface area contributed by atoms with Crippen molar-refractivity contribution in [2.45, 2.75) is 0 Å². The Hall–Kier alpha value is -2.50. The van der Waals surface area contributed by atoms with Crippen molar-refractivity contribution in [2.75, 3.05) is 17.7 Å². The summed E-state index contributed by atoms with van der Waals surface area (Å²) >= 11 is 0. The summed E-state index contributed by atoms with van der Waals surface area (Å²) in [6, 6.07) is 6.72. The molecular formula is C11H12N4O2. The number of hydrogen-bond acceptors (Lipinski definition) is 3. The molecule has 17 heavy (non-hydrogen) atoms. The van der Waals surface area contributed by atoms with Crippen molar-refractivity contribution >= 4 is 17.7 Å². The molecule has 0 spiro atoms. The zero-order valence-corrected chi connectivity index (χ0v) is 9.23. The van der Waals surface area contributed by atoms with Crippen LogP contribution in [0.3, 0.4) is 0 Å². The van der Waals surface area contributed by atoms with Gasteiger partial charge in [0.15, 0.2) is 0 Å². The summed E-state index contributed by atoms with van der Waals surface area (Å²) < 4.78 is 5.05. The molecule has 0 radical (unpaired) electrons. The predicted molar refractivity (Wildman–Crippen MR) is 64.2 cm³/mol. The Labute approximate surface area is 98.0 Å². The molecule has 3 N–H and O–H groups in total. The number of urea groups is 1. The minimum Gasteiger partial charge on any atom is -0.497 e. The monoisotopic (exact) mass is 232 g/mol. The summed E-state index contributed by atoms with van der Waals surface area (Å²) in [6.45, 7) is 0. The first-order chi connectivity index (χ1) is 8.28. The Balaban J connectivity index is 1.98. The van der Waals surface area contributed by atoms with Gasteiger partial charge in [0.05, 0.1) is 7.11 Å². The number of carbonyl (C=O) groups excluding carboxylic acids is 1. The van der Waals surface area contributed by atoms with E-state index in [1.807, 2.05) is 0 Å². The van der Waals surface area contributed by atoms with E-state index in [2.05, 4.69) is 20.6 Å². The highest BCUT2D eigenvalue weighted by molar-refractivity contribution is 5.98. The van der Waals surface area contributed by atoms with E-state index >= 15 is 0 Å². The lowest BCUT2D eigenvalue weighted by molar-refractivity contribution is 0.262. The van der Waals surface area contributed by atoms with Crippen LogP contribution in [0.2, 0.25) is 0 Å². The maximum Gasteiger partial charge on any atom is 0.326 e. The number of benzene rings is 1. The summed E-state index contributed by atoms with van der Waals surface area (Å²) in [4.78, 5) is 18.2. The van der Waals surface area contributed by atoms with E-state index in [0.717, 1.165) is 0 Å². The number of nitrogens with one attached hydrogen (secondary N) is 3. The highest BCUT2D eigenvalue weighted by atomic mass is 16.5. The Bertz CT molecular complexity index is 496. The first-order valence-electron chi connectivity index (χ1n) is 4.99. The third-order valence-corrected chi connectivity index (χ3v) is 2.06. The maximum atomic E-state index is 11.6. The number of aromatic amines is 1. The second kappa shape index (κ2) is 5.02. The second-order valence-electron chi connectivity index (χ2n) is 3.25. The van der Waals surface area contributed by atoms with Gasteiger partial charge in [0.25, 0.3) is 0 Å². The van der Waals surface area contributed by atoms with E-state index in [1.165, 1.54) is 0 Å². The van der Waals surface area contributed by atoms with Gasteiger partial charge in [0.2, 0.25) is 5.95 Å². The molecule has 88 valence electrons. The number of hydrogen-bond donors (Lipinski definition) is 3. The van der Waals surface area contributed by atoms with Gasteiger partial charge in [-0.1, -0.05) is 6.07 Å². The first kappa shape index (κ1) is 11.0. The number of carbonyl (C=O) groups is 1. The molecule has 2 rings (SSSR count). The minimum atomic E-state index is -0.367. The van der Waals surface area contributed by atoms with E-state index in [4.69, 9.17) is 4.74 Å². The third-order valence-electron chi connectivity index (χ3n) is 2.06. The van der Waals surface area contributed by atoms with Crippen LogP contribution in [0, 0.1) is 0 Å². The van der Waals surface area contributed by atoms with E-state index in [-0.39, 0.29) is 6.03 Å². The van der Waals surface area contributed by atoms with Crippen LogP contribution in [0.4, 0.5) is 16.4 Å². The van der Waals surface area contributed by atoms with E-state index in [0.29, 0.717) is 17.4 Å². The van der Waals surface area contributed by atoms with Gasteiger partial charge in [0, 0.05) is 24.1 Å². The van der Waals surface area contributed by atoms with Crippen LogP contribution in [-0.2, 0) is 0 Å². The van der Waals surface area contributed by atoms with Crippen molar-refractivity contribution in [2.24, 2.45) is 0 Å². The third kappa shape index (κ3) is 2.97. The van der Waals surface area contributed by atoms with E-state index < -0.39 is 0 Å². The van der Waals surface area contributed by atoms with Gasteiger partial charge < -0.3 is 15.0 Å². The van der Waals surface area contributed by atoms with Gasteiger partial charge in [-0.25, -0.2) is 9.78 Å². The number of aromatic nitrogens is 2. The molecule has 1 aromatic heterocycles. The van der Waals surface area contributed by atoms with Crippen molar-refractivity contribution < 1.29 is 9.53 Å². The molecule has 1 aromatic carbocycles. The molecule has 6 heteroatoms. The molecule has 0 aliphatic heterocycles. The van der Waals surface area contributed by atoms with Crippen molar-refractivity contribution in [3.8, 4) is 5.75 Å². The van der Waals surface area contributed by atoms with Gasteiger partial charge in [-0.15, -0.1) is 0 Å². The summed E-state index contributed by atoms with van der Waals surface area (Å²) in [5, 5.41) is 5.22. The highest BCUT2D eigenvalue weighted by Gasteiger charge is 2.04. The Morgan fingerprint density at radius 2 is 2.29 bits per heavy atom. The topological polar surface area (TPSA) is 79.0 Å². The number of nitrogens with zero attached hydrogens (tertiary/aromatic N) is 1. The summed E-state index contributed by atoms with van der Waals surface area (Å²) in [6.07, 6.45) is 3.18. The molecule has 2 aromatic rings. The molecule has 0 bridgehead atoms. The van der Waals surface area contributed by atoms with Crippen LogP contribution in [0.25, 0.3) is 0 Å². The standard InChI is InChI=1S/C11H12N4O2/c1-17-9-4-2-3-8(7-9)14-11(16)15-10-12-5-6-13-10/h2-7H,1H3,(H3,12,13,14,15,16). The molecule has 0 atom stereocenters. The zero-order chi connectivity index (χ0) is 12.1. The van der Waals surface area contributed by atoms with Gasteiger partial charge in [-0.2, -0.15) is 0 Å². The number of H-pyrrole nitrogens is 1. The molecule has 0 fully saturated rings. The lowest BCUT2D eigenvalue weighted by Crippen LogP contribution is -2.20. The van der Waals surface area contributed by atoms with Crippen LogP contribution in [0.15, 0.2) is 36.7 Å². The van der Waals surface area contributed by atoms with Gasteiger partial charge >= 0.3 is 6.03 Å². The lowest BCUT2D eigenvalue weighted by Gasteiger charge is -2.06. The highest BCUT2D eigenvalue weighted by Crippen LogP contribution is 2.16. The zero-order valence-electron chi connectivity index (χ0n) is 9.23. The fourth-order valence-electron chi connectivity index (χ4n) is 1.30. The second-order valence-corrected chi connectivity index (χ2v) is 3.25. The van der Waals surface area contributed by atoms with Crippen LogP contribution in [0.5, 0.6) is 5.75 Å². The normalized spacial score (nSPS) is 9.71. The fraction of sp³-hybridized carbons (Fsp3) is 0.0909. The Kier molecular flexibility index (Phi) is 3.25. The van der Waals surface area contributed by atoms with Crippen LogP contribution < -0.4 is 15.4 Å².